The van der Waals surface area contributed by atoms with Crippen molar-refractivity contribution in [1.29, 1.82) is 0 Å². The second-order valence-electron chi connectivity index (χ2n) is 5.93. The molecule has 0 saturated carbocycles. The minimum atomic E-state index is 0.235. The molecule has 0 radical (unpaired) electrons. The Hall–Kier alpha value is -1.02. The van der Waals surface area contributed by atoms with E-state index in [0.29, 0.717) is 5.41 Å². The highest BCUT2D eigenvalue weighted by Crippen LogP contribution is 2.18. The van der Waals surface area contributed by atoms with Crippen LogP contribution >= 0.6 is 0 Å². The molecule has 0 amide bonds. The van der Waals surface area contributed by atoms with Crippen LogP contribution in [0.2, 0.25) is 0 Å². The quantitative estimate of drug-likeness (QED) is 0.788. The van der Waals surface area contributed by atoms with Crippen molar-refractivity contribution in [2.75, 3.05) is 6.54 Å². The molecule has 0 atom stereocenters. The topological polar surface area (TPSA) is 21.3 Å². The number of hydrogen-bond donors (Lipinski definition) is 1. The molecule has 1 aromatic carbocycles. The molecule has 0 aromatic heterocycles. The second-order valence-corrected chi connectivity index (χ2v) is 5.93. The molecular formula is C16H27NO. The lowest BCUT2D eigenvalue weighted by atomic mass is 9.90. The predicted octanol–water partition coefficient (Wildman–Crippen LogP) is 4.00. The molecule has 0 bridgehead atoms. The molecule has 0 aliphatic heterocycles. The van der Waals surface area contributed by atoms with Gasteiger partial charge in [0.15, 0.2) is 0 Å². The molecule has 0 fully saturated rings. The summed E-state index contributed by atoms with van der Waals surface area (Å²) in [6, 6.07) is 8.34. The van der Waals surface area contributed by atoms with Crippen molar-refractivity contribution in [2.24, 2.45) is 5.41 Å². The summed E-state index contributed by atoms with van der Waals surface area (Å²) in [6.45, 7) is 12.9. The molecule has 0 saturated heterocycles. The van der Waals surface area contributed by atoms with E-state index in [2.05, 4.69) is 38.2 Å². The fraction of sp³-hybridized carbons (Fsp3) is 0.625. The summed E-state index contributed by atoms with van der Waals surface area (Å²) in [5.41, 5.74) is 1.68. The number of ether oxygens (including phenoxy) is 1. The van der Waals surface area contributed by atoms with Gasteiger partial charge in [-0.1, -0.05) is 32.9 Å². The minimum absolute atomic E-state index is 0.235. The van der Waals surface area contributed by atoms with Crippen molar-refractivity contribution >= 4 is 0 Å². The van der Waals surface area contributed by atoms with Crippen molar-refractivity contribution in [1.82, 2.24) is 5.32 Å². The van der Waals surface area contributed by atoms with Crippen molar-refractivity contribution in [3.63, 3.8) is 0 Å². The maximum absolute atomic E-state index is 5.62. The summed E-state index contributed by atoms with van der Waals surface area (Å²) in [7, 11) is 0. The predicted molar refractivity (Wildman–Crippen MR) is 78.0 cm³/mol. The van der Waals surface area contributed by atoms with E-state index in [-0.39, 0.29) is 6.10 Å². The third-order valence-corrected chi connectivity index (χ3v) is 3.18. The normalized spacial score (nSPS) is 11.9. The van der Waals surface area contributed by atoms with Gasteiger partial charge in [0, 0.05) is 13.1 Å². The first-order valence-electron chi connectivity index (χ1n) is 6.89. The van der Waals surface area contributed by atoms with E-state index < -0.39 is 0 Å². The third-order valence-electron chi connectivity index (χ3n) is 3.18. The average Bonchev–Trinajstić information content (AvgIpc) is 2.30. The lowest BCUT2D eigenvalue weighted by molar-refractivity contribution is 0.242. The Morgan fingerprint density at radius 3 is 2.28 bits per heavy atom. The molecule has 1 N–H and O–H groups in total. The van der Waals surface area contributed by atoms with Crippen molar-refractivity contribution in [3.8, 4) is 5.75 Å². The first kappa shape index (κ1) is 15.0. The average molecular weight is 249 g/mol. The molecule has 102 valence electrons. The van der Waals surface area contributed by atoms with Crippen LogP contribution in [0.5, 0.6) is 5.75 Å². The fourth-order valence-electron chi connectivity index (χ4n) is 1.63. The van der Waals surface area contributed by atoms with Gasteiger partial charge in [0.25, 0.3) is 0 Å². The van der Waals surface area contributed by atoms with Gasteiger partial charge >= 0.3 is 0 Å². The molecule has 0 heterocycles. The van der Waals surface area contributed by atoms with Gasteiger partial charge in [0.2, 0.25) is 0 Å². The zero-order valence-electron chi connectivity index (χ0n) is 12.4. The lowest BCUT2D eigenvalue weighted by Gasteiger charge is -2.23. The Bertz CT molecular complexity index is 341. The maximum Gasteiger partial charge on any atom is 0.119 e. The molecule has 18 heavy (non-hydrogen) atoms. The number of benzene rings is 1. The zero-order valence-corrected chi connectivity index (χ0v) is 12.4. The van der Waals surface area contributed by atoms with Crippen LogP contribution in [0.4, 0.5) is 0 Å². The summed E-state index contributed by atoms with van der Waals surface area (Å²) in [5.74, 6) is 0.947. The van der Waals surface area contributed by atoms with E-state index in [4.69, 9.17) is 4.74 Å². The first-order valence-corrected chi connectivity index (χ1v) is 6.89. The lowest BCUT2D eigenvalue weighted by Crippen LogP contribution is -2.28. The molecule has 0 unspecified atom stereocenters. The summed E-state index contributed by atoms with van der Waals surface area (Å²) >= 11 is 0. The first-order chi connectivity index (χ1) is 8.43. The molecule has 0 aliphatic carbocycles. The van der Waals surface area contributed by atoms with E-state index in [1.807, 2.05) is 26.0 Å². The second kappa shape index (κ2) is 6.79. The van der Waals surface area contributed by atoms with Gasteiger partial charge in [0.1, 0.15) is 5.75 Å². The Morgan fingerprint density at radius 2 is 1.78 bits per heavy atom. The Morgan fingerprint density at radius 1 is 1.17 bits per heavy atom. The van der Waals surface area contributed by atoms with Crippen LogP contribution in [0.1, 0.15) is 46.6 Å². The molecule has 1 aromatic rings. The summed E-state index contributed by atoms with van der Waals surface area (Å²) in [4.78, 5) is 0. The summed E-state index contributed by atoms with van der Waals surface area (Å²) in [5, 5.41) is 3.51. The smallest absolute Gasteiger partial charge is 0.119 e. The molecular weight excluding hydrogens is 222 g/mol. The SMILES string of the molecule is CCC(C)(C)CNCc1ccc(OC(C)C)cc1. The van der Waals surface area contributed by atoms with E-state index in [0.717, 1.165) is 18.8 Å². The molecule has 0 spiro atoms. The van der Waals surface area contributed by atoms with Gasteiger partial charge in [-0.15, -0.1) is 0 Å². The van der Waals surface area contributed by atoms with Gasteiger partial charge in [0.05, 0.1) is 6.10 Å². The van der Waals surface area contributed by atoms with Crippen LogP contribution in [-0.2, 0) is 6.54 Å². The molecule has 2 nitrogen and oxygen atoms in total. The Labute approximate surface area is 112 Å². The highest BCUT2D eigenvalue weighted by molar-refractivity contribution is 5.27. The highest BCUT2D eigenvalue weighted by atomic mass is 16.5. The maximum atomic E-state index is 5.62. The van der Waals surface area contributed by atoms with Crippen LogP contribution in [0.15, 0.2) is 24.3 Å². The van der Waals surface area contributed by atoms with Crippen LogP contribution < -0.4 is 10.1 Å². The minimum Gasteiger partial charge on any atom is -0.491 e. The van der Waals surface area contributed by atoms with Crippen LogP contribution in [0, 0.1) is 5.41 Å². The molecule has 0 aliphatic rings. The van der Waals surface area contributed by atoms with Gasteiger partial charge in [-0.25, -0.2) is 0 Å². The van der Waals surface area contributed by atoms with Gasteiger partial charge in [-0.2, -0.15) is 0 Å². The van der Waals surface area contributed by atoms with Crippen LogP contribution in [-0.4, -0.2) is 12.6 Å². The van der Waals surface area contributed by atoms with Crippen LogP contribution in [0.3, 0.4) is 0 Å². The van der Waals surface area contributed by atoms with E-state index >= 15 is 0 Å². The largest absolute Gasteiger partial charge is 0.491 e. The number of nitrogens with one attached hydrogen (secondary N) is 1. The van der Waals surface area contributed by atoms with Crippen molar-refractivity contribution in [2.45, 2.75) is 53.7 Å². The molecule has 1 rings (SSSR count). The van der Waals surface area contributed by atoms with Crippen molar-refractivity contribution < 1.29 is 4.74 Å². The number of rotatable bonds is 7. The van der Waals surface area contributed by atoms with Crippen LogP contribution in [0.25, 0.3) is 0 Å². The highest BCUT2D eigenvalue weighted by Gasteiger charge is 2.13. The summed E-state index contributed by atoms with van der Waals surface area (Å²) in [6.07, 6.45) is 1.43. The number of hydrogen-bond acceptors (Lipinski definition) is 2. The van der Waals surface area contributed by atoms with E-state index in [1.54, 1.807) is 0 Å². The Balaban J connectivity index is 2.40. The van der Waals surface area contributed by atoms with Gasteiger partial charge in [-0.3, -0.25) is 0 Å². The monoisotopic (exact) mass is 249 g/mol. The summed E-state index contributed by atoms with van der Waals surface area (Å²) < 4.78 is 5.62. The van der Waals surface area contributed by atoms with Gasteiger partial charge < -0.3 is 10.1 Å². The van der Waals surface area contributed by atoms with Gasteiger partial charge in [-0.05, 0) is 43.4 Å². The Kier molecular flexibility index (Phi) is 5.67. The van der Waals surface area contributed by atoms with E-state index in [9.17, 15) is 0 Å². The third kappa shape index (κ3) is 5.54. The zero-order chi connectivity index (χ0) is 13.6. The van der Waals surface area contributed by atoms with Crippen molar-refractivity contribution in [3.05, 3.63) is 29.8 Å². The standard InChI is InChI=1S/C16H27NO/c1-6-16(4,5)12-17-11-14-7-9-15(10-8-14)18-13(2)3/h7-10,13,17H,6,11-12H2,1-5H3. The van der Waals surface area contributed by atoms with E-state index in [1.165, 1.54) is 12.0 Å². The molecule has 2 heteroatoms. The fourth-order valence-corrected chi connectivity index (χ4v) is 1.63.